The van der Waals surface area contributed by atoms with Gasteiger partial charge in [0.15, 0.2) is 5.78 Å². The molecule has 0 aliphatic carbocycles. The molecule has 0 saturated heterocycles. The summed E-state index contributed by atoms with van der Waals surface area (Å²) in [5.74, 6) is -0.0461. The van der Waals surface area contributed by atoms with Crippen LogP contribution in [0.5, 0.6) is 5.75 Å². The Balaban J connectivity index is 1.96. The lowest BCUT2D eigenvalue weighted by atomic mass is 10.1. The third-order valence-electron chi connectivity index (χ3n) is 3.26. The molecule has 0 saturated carbocycles. The van der Waals surface area contributed by atoms with Crippen molar-refractivity contribution in [2.24, 2.45) is 0 Å². The van der Waals surface area contributed by atoms with E-state index in [9.17, 15) is 14.7 Å². The number of phenolic OH excluding ortho intramolecular Hbond substituents is 1. The van der Waals surface area contributed by atoms with Gasteiger partial charge in [-0.1, -0.05) is 23.7 Å². The van der Waals surface area contributed by atoms with Gasteiger partial charge in [-0.15, -0.1) is 11.3 Å². The second-order valence-corrected chi connectivity index (χ2v) is 6.56. The molecule has 6 heteroatoms. The Labute approximate surface area is 146 Å². The number of Topliss-reactive ketones (excluding diaryl/α,β-unsaturated/α-hetero) is 1. The molecule has 3 rings (SSSR count). The molecule has 2 aromatic carbocycles. The maximum absolute atomic E-state index is 12.2. The van der Waals surface area contributed by atoms with Crippen molar-refractivity contribution in [1.82, 2.24) is 4.98 Å². The van der Waals surface area contributed by atoms with E-state index in [1.54, 1.807) is 54.6 Å². The molecule has 0 fully saturated rings. The number of rotatable bonds is 3. The summed E-state index contributed by atoms with van der Waals surface area (Å²) in [5, 5.41) is 9.83. The summed E-state index contributed by atoms with van der Waals surface area (Å²) in [6, 6.07) is 13.1. The number of nitrogens with one attached hydrogen (secondary N) is 1. The molecule has 0 atom stereocenters. The van der Waals surface area contributed by atoms with Crippen molar-refractivity contribution in [2.75, 3.05) is 0 Å². The molecule has 0 radical (unpaired) electrons. The second-order valence-electron chi connectivity index (χ2n) is 5.04. The van der Waals surface area contributed by atoms with Crippen LogP contribution in [0.3, 0.4) is 0 Å². The summed E-state index contributed by atoms with van der Waals surface area (Å²) in [6.07, 6.45) is 3.09. The number of aromatic amines is 1. The van der Waals surface area contributed by atoms with Crippen LogP contribution in [0.25, 0.3) is 12.2 Å². The molecule has 3 aromatic rings. The zero-order valence-corrected chi connectivity index (χ0v) is 13.9. The molecule has 0 amide bonds. The van der Waals surface area contributed by atoms with Gasteiger partial charge in [0, 0.05) is 16.7 Å². The normalized spacial score (nSPS) is 12.5. The number of phenols is 1. The Morgan fingerprint density at radius 2 is 1.75 bits per heavy atom. The number of aromatic nitrogens is 1. The lowest BCUT2D eigenvalue weighted by Crippen LogP contribution is -2.19. The fraction of sp³-hybridized carbons (Fsp3) is 0. The molecule has 0 aliphatic heterocycles. The second kappa shape index (κ2) is 6.86. The number of aromatic hydroxyl groups is 1. The minimum Gasteiger partial charge on any atom is -0.508 e. The molecule has 120 valence electrons. The molecule has 1 aromatic heterocycles. The van der Waals surface area contributed by atoms with Gasteiger partial charge in [-0.25, -0.2) is 0 Å². The summed E-state index contributed by atoms with van der Waals surface area (Å²) in [5.41, 5.74) is 1.02. The standard InChI is InChI=1S/C18H12ClNO3S/c19-13-5-3-12(4-6-13)15(22)10-17-20-18(23)16(24-17)9-11-1-7-14(21)8-2-11/h1-10,21H,(H,20,23)/b16-9-,17-10-. The van der Waals surface area contributed by atoms with E-state index in [4.69, 9.17) is 11.6 Å². The summed E-state index contributed by atoms with van der Waals surface area (Å²) in [7, 11) is 0. The molecule has 4 nitrogen and oxygen atoms in total. The highest BCUT2D eigenvalue weighted by Crippen LogP contribution is 2.11. The Morgan fingerprint density at radius 3 is 2.42 bits per heavy atom. The van der Waals surface area contributed by atoms with E-state index in [2.05, 4.69) is 4.98 Å². The van der Waals surface area contributed by atoms with Crippen LogP contribution in [0.2, 0.25) is 5.02 Å². The minimum atomic E-state index is -0.261. The SMILES string of the molecule is O=C(/C=c1/[nH]c(=O)/c(=C/c2ccc(O)cc2)s1)c1ccc(Cl)cc1. The van der Waals surface area contributed by atoms with Gasteiger partial charge >= 0.3 is 0 Å². The fourth-order valence-corrected chi connectivity index (χ4v) is 3.07. The van der Waals surface area contributed by atoms with Gasteiger partial charge in [0.05, 0.1) is 9.20 Å². The first-order chi connectivity index (χ1) is 11.5. The number of thiazole rings is 1. The Kier molecular flexibility index (Phi) is 4.64. The molecular formula is C18H12ClNO3S. The number of H-pyrrole nitrogens is 1. The van der Waals surface area contributed by atoms with Gasteiger partial charge in [-0.05, 0) is 48.0 Å². The van der Waals surface area contributed by atoms with Crippen molar-refractivity contribution < 1.29 is 9.90 Å². The van der Waals surface area contributed by atoms with Gasteiger partial charge in [-0.2, -0.15) is 0 Å². The van der Waals surface area contributed by atoms with Gasteiger partial charge in [-0.3, -0.25) is 9.59 Å². The first-order valence-corrected chi connectivity index (χ1v) is 8.22. The van der Waals surface area contributed by atoms with Crippen molar-refractivity contribution >= 4 is 40.9 Å². The van der Waals surface area contributed by atoms with Crippen molar-refractivity contribution in [3.8, 4) is 5.75 Å². The third-order valence-corrected chi connectivity index (χ3v) is 4.48. The molecule has 24 heavy (non-hydrogen) atoms. The highest BCUT2D eigenvalue weighted by molar-refractivity contribution is 7.07. The monoisotopic (exact) mass is 357 g/mol. The topological polar surface area (TPSA) is 70.2 Å². The van der Waals surface area contributed by atoms with Gasteiger partial charge in [0.2, 0.25) is 0 Å². The molecule has 0 spiro atoms. The van der Waals surface area contributed by atoms with Crippen molar-refractivity contribution in [3.63, 3.8) is 0 Å². The Hall–Kier alpha value is -2.63. The average molecular weight is 358 g/mol. The van der Waals surface area contributed by atoms with Crippen LogP contribution in [0.15, 0.2) is 53.3 Å². The van der Waals surface area contributed by atoms with Crippen molar-refractivity contribution in [1.29, 1.82) is 0 Å². The fourth-order valence-electron chi connectivity index (χ4n) is 2.06. The predicted molar refractivity (Wildman–Crippen MR) is 96.1 cm³/mol. The number of hydrogen-bond acceptors (Lipinski definition) is 4. The molecule has 0 unspecified atom stereocenters. The van der Waals surface area contributed by atoms with Crippen LogP contribution >= 0.6 is 22.9 Å². The first-order valence-electron chi connectivity index (χ1n) is 7.03. The lowest BCUT2D eigenvalue weighted by Gasteiger charge is -1.94. The number of hydrogen-bond donors (Lipinski definition) is 2. The van der Waals surface area contributed by atoms with E-state index in [1.165, 1.54) is 17.4 Å². The van der Waals surface area contributed by atoms with E-state index in [1.807, 2.05) is 0 Å². The third kappa shape index (κ3) is 3.82. The summed E-state index contributed by atoms with van der Waals surface area (Å²) < 4.78 is 0.959. The van der Waals surface area contributed by atoms with E-state index < -0.39 is 0 Å². The zero-order chi connectivity index (χ0) is 17.1. The summed E-state index contributed by atoms with van der Waals surface area (Å²) in [4.78, 5) is 26.9. The van der Waals surface area contributed by atoms with Crippen LogP contribution in [0, 0.1) is 0 Å². The highest BCUT2D eigenvalue weighted by atomic mass is 35.5. The first kappa shape index (κ1) is 16.2. The lowest BCUT2D eigenvalue weighted by molar-refractivity contribution is 0.106. The molecule has 1 heterocycles. The molecular weight excluding hydrogens is 346 g/mol. The number of benzene rings is 2. The van der Waals surface area contributed by atoms with E-state index in [0.29, 0.717) is 19.8 Å². The summed E-state index contributed by atoms with van der Waals surface area (Å²) >= 11 is 7.00. The minimum absolute atomic E-state index is 0.162. The van der Waals surface area contributed by atoms with Gasteiger partial charge in [0.1, 0.15) is 5.75 Å². The van der Waals surface area contributed by atoms with Crippen molar-refractivity contribution in [3.05, 3.63) is 84.2 Å². The van der Waals surface area contributed by atoms with Gasteiger partial charge < -0.3 is 10.1 Å². The van der Waals surface area contributed by atoms with E-state index in [-0.39, 0.29) is 17.1 Å². The van der Waals surface area contributed by atoms with Crippen LogP contribution < -0.4 is 14.8 Å². The van der Waals surface area contributed by atoms with Crippen LogP contribution in [0.4, 0.5) is 0 Å². The largest absolute Gasteiger partial charge is 0.508 e. The quantitative estimate of drug-likeness (QED) is 0.706. The van der Waals surface area contributed by atoms with Crippen LogP contribution in [-0.4, -0.2) is 15.9 Å². The molecule has 0 aliphatic rings. The maximum atomic E-state index is 12.2. The molecule has 2 N–H and O–H groups in total. The maximum Gasteiger partial charge on any atom is 0.266 e. The van der Waals surface area contributed by atoms with Crippen LogP contribution in [-0.2, 0) is 0 Å². The number of carbonyl (C=O) groups is 1. The van der Waals surface area contributed by atoms with Gasteiger partial charge in [0.25, 0.3) is 5.56 Å². The Morgan fingerprint density at radius 1 is 1.08 bits per heavy atom. The number of halogens is 1. The van der Waals surface area contributed by atoms with E-state index >= 15 is 0 Å². The predicted octanol–water partition coefficient (Wildman–Crippen LogP) is 2.29. The van der Waals surface area contributed by atoms with Crippen LogP contribution in [0.1, 0.15) is 15.9 Å². The summed E-state index contributed by atoms with van der Waals surface area (Å²) in [6.45, 7) is 0. The molecule has 0 bridgehead atoms. The van der Waals surface area contributed by atoms with Crippen molar-refractivity contribution in [2.45, 2.75) is 0 Å². The Bertz CT molecular complexity index is 1050. The number of carbonyl (C=O) groups excluding carboxylic acids is 1. The average Bonchev–Trinajstić information content (AvgIpc) is 2.89. The smallest absolute Gasteiger partial charge is 0.266 e. The zero-order valence-electron chi connectivity index (χ0n) is 12.3. The highest BCUT2D eigenvalue weighted by Gasteiger charge is 2.03. The van der Waals surface area contributed by atoms with E-state index in [0.717, 1.165) is 5.56 Å². The number of ketones is 1.